The maximum atomic E-state index is 11.9. The zero-order chi connectivity index (χ0) is 14.9. The molecule has 2 N–H and O–H groups in total. The van der Waals surface area contributed by atoms with E-state index in [9.17, 15) is 9.90 Å². The summed E-state index contributed by atoms with van der Waals surface area (Å²) in [4.78, 5) is 16.9. The Kier molecular flexibility index (Phi) is 6.24. The Labute approximate surface area is 128 Å². The van der Waals surface area contributed by atoms with Crippen LogP contribution in [0.3, 0.4) is 0 Å². The predicted octanol–water partition coefficient (Wildman–Crippen LogP) is 1.89. The van der Waals surface area contributed by atoms with E-state index in [-0.39, 0.29) is 18.6 Å². The lowest BCUT2D eigenvalue weighted by molar-refractivity contribution is -0.119. The summed E-state index contributed by atoms with van der Waals surface area (Å²) in [6, 6.07) is 13.3. The SMILES string of the molecule is O=C(CSc1ccncc1)N[C@@H](CO)Cc1ccccc1. The van der Waals surface area contributed by atoms with E-state index >= 15 is 0 Å². The Hall–Kier alpha value is -1.85. The molecule has 5 heteroatoms. The second kappa shape index (κ2) is 8.44. The molecule has 0 aliphatic heterocycles. The van der Waals surface area contributed by atoms with Crippen LogP contribution >= 0.6 is 11.8 Å². The van der Waals surface area contributed by atoms with Gasteiger partial charge in [-0.3, -0.25) is 9.78 Å². The molecule has 4 nitrogen and oxygen atoms in total. The molecule has 0 saturated carbocycles. The molecule has 0 spiro atoms. The predicted molar refractivity (Wildman–Crippen MR) is 84.1 cm³/mol. The molecule has 1 heterocycles. The molecule has 1 aromatic heterocycles. The smallest absolute Gasteiger partial charge is 0.230 e. The normalized spacial score (nSPS) is 11.9. The van der Waals surface area contributed by atoms with Gasteiger partial charge in [0.25, 0.3) is 0 Å². The maximum absolute atomic E-state index is 11.9. The number of carbonyl (C=O) groups excluding carboxylic acids is 1. The minimum atomic E-state index is -0.252. The Bertz CT molecular complexity index is 549. The number of rotatable bonds is 7. The molecule has 0 saturated heterocycles. The highest BCUT2D eigenvalue weighted by Gasteiger charge is 2.12. The van der Waals surface area contributed by atoms with Crippen molar-refractivity contribution in [2.75, 3.05) is 12.4 Å². The molecule has 0 radical (unpaired) electrons. The van der Waals surface area contributed by atoms with Gasteiger partial charge in [-0.1, -0.05) is 30.3 Å². The van der Waals surface area contributed by atoms with Crippen LogP contribution in [-0.4, -0.2) is 34.4 Å². The molecule has 0 fully saturated rings. The van der Waals surface area contributed by atoms with Crippen molar-refractivity contribution in [2.24, 2.45) is 0 Å². The summed E-state index contributed by atoms with van der Waals surface area (Å²) in [5.41, 5.74) is 1.10. The van der Waals surface area contributed by atoms with Gasteiger partial charge in [0.15, 0.2) is 0 Å². The number of hydrogen-bond acceptors (Lipinski definition) is 4. The van der Waals surface area contributed by atoms with Crippen LogP contribution in [-0.2, 0) is 11.2 Å². The van der Waals surface area contributed by atoms with Crippen molar-refractivity contribution in [1.29, 1.82) is 0 Å². The van der Waals surface area contributed by atoms with Gasteiger partial charge in [0.05, 0.1) is 18.4 Å². The van der Waals surface area contributed by atoms with Crippen LogP contribution in [0.25, 0.3) is 0 Å². The molecular weight excluding hydrogens is 284 g/mol. The molecule has 0 unspecified atom stereocenters. The minimum Gasteiger partial charge on any atom is -0.394 e. The summed E-state index contributed by atoms with van der Waals surface area (Å²) in [6.45, 7) is -0.0689. The summed E-state index contributed by atoms with van der Waals surface area (Å²) in [5, 5.41) is 12.3. The Morgan fingerprint density at radius 3 is 2.57 bits per heavy atom. The van der Waals surface area contributed by atoms with Gasteiger partial charge in [0.2, 0.25) is 5.91 Å². The van der Waals surface area contributed by atoms with E-state index < -0.39 is 0 Å². The number of pyridine rings is 1. The summed E-state index contributed by atoms with van der Waals surface area (Å²) in [7, 11) is 0. The third kappa shape index (κ3) is 5.57. The molecule has 2 rings (SSSR count). The number of aliphatic hydroxyl groups excluding tert-OH is 1. The summed E-state index contributed by atoms with van der Waals surface area (Å²) >= 11 is 1.45. The Morgan fingerprint density at radius 2 is 1.90 bits per heavy atom. The van der Waals surface area contributed by atoms with Crippen LogP contribution in [0.4, 0.5) is 0 Å². The maximum Gasteiger partial charge on any atom is 0.230 e. The second-order valence-electron chi connectivity index (χ2n) is 4.61. The van der Waals surface area contributed by atoms with Crippen LogP contribution < -0.4 is 5.32 Å². The fourth-order valence-electron chi connectivity index (χ4n) is 1.91. The van der Waals surface area contributed by atoms with Gasteiger partial charge >= 0.3 is 0 Å². The van der Waals surface area contributed by atoms with Gasteiger partial charge in [-0.2, -0.15) is 0 Å². The number of aliphatic hydroxyl groups is 1. The number of carbonyl (C=O) groups is 1. The molecule has 21 heavy (non-hydrogen) atoms. The number of nitrogens with one attached hydrogen (secondary N) is 1. The van der Waals surface area contributed by atoms with E-state index in [1.807, 2.05) is 42.5 Å². The molecule has 110 valence electrons. The first-order valence-corrected chi connectivity index (χ1v) is 7.73. The van der Waals surface area contributed by atoms with Gasteiger partial charge in [-0.25, -0.2) is 0 Å². The first-order chi connectivity index (χ1) is 10.3. The minimum absolute atomic E-state index is 0.0689. The molecular formula is C16H18N2O2S. The molecule has 2 aromatic rings. The quantitative estimate of drug-likeness (QED) is 0.767. The number of thioether (sulfide) groups is 1. The topological polar surface area (TPSA) is 62.2 Å². The first kappa shape index (κ1) is 15.5. The molecule has 1 aromatic carbocycles. The highest BCUT2D eigenvalue weighted by atomic mass is 32.2. The number of aromatic nitrogens is 1. The molecule has 1 atom stereocenters. The van der Waals surface area contributed by atoms with Crippen LogP contribution in [0.2, 0.25) is 0 Å². The molecule has 0 aliphatic rings. The van der Waals surface area contributed by atoms with Crippen molar-refractivity contribution in [3.63, 3.8) is 0 Å². The average molecular weight is 302 g/mol. The van der Waals surface area contributed by atoms with Crippen LogP contribution in [0.15, 0.2) is 59.8 Å². The molecule has 0 bridgehead atoms. The monoisotopic (exact) mass is 302 g/mol. The van der Waals surface area contributed by atoms with Gasteiger partial charge in [-0.05, 0) is 24.1 Å². The van der Waals surface area contributed by atoms with E-state index in [1.54, 1.807) is 12.4 Å². The van der Waals surface area contributed by atoms with E-state index in [1.165, 1.54) is 11.8 Å². The van der Waals surface area contributed by atoms with Crippen LogP contribution in [0, 0.1) is 0 Å². The summed E-state index contributed by atoms with van der Waals surface area (Å²) < 4.78 is 0. The lowest BCUT2D eigenvalue weighted by atomic mass is 10.1. The Balaban J connectivity index is 1.80. The van der Waals surface area contributed by atoms with Crippen molar-refractivity contribution in [3.05, 3.63) is 60.4 Å². The Morgan fingerprint density at radius 1 is 1.19 bits per heavy atom. The van der Waals surface area contributed by atoms with E-state index in [0.29, 0.717) is 12.2 Å². The van der Waals surface area contributed by atoms with Gasteiger partial charge in [-0.15, -0.1) is 11.8 Å². The number of hydrogen-bond donors (Lipinski definition) is 2. The zero-order valence-corrected chi connectivity index (χ0v) is 12.4. The highest BCUT2D eigenvalue weighted by molar-refractivity contribution is 8.00. The summed E-state index contributed by atoms with van der Waals surface area (Å²) in [6.07, 6.45) is 4.03. The number of nitrogens with zero attached hydrogens (tertiary/aromatic N) is 1. The molecule has 0 aliphatic carbocycles. The van der Waals surface area contributed by atoms with Gasteiger partial charge < -0.3 is 10.4 Å². The lowest BCUT2D eigenvalue weighted by Gasteiger charge is -2.16. The highest BCUT2D eigenvalue weighted by Crippen LogP contribution is 2.15. The van der Waals surface area contributed by atoms with Crippen molar-refractivity contribution in [2.45, 2.75) is 17.4 Å². The third-order valence-corrected chi connectivity index (χ3v) is 3.94. The standard InChI is InChI=1S/C16H18N2O2S/c19-11-14(10-13-4-2-1-3-5-13)18-16(20)12-21-15-6-8-17-9-7-15/h1-9,14,19H,10-12H2,(H,18,20)/t14-/m1/s1. The number of amides is 1. The van der Waals surface area contributed by atoms with E-state index in [2.05, 4.69) is 10.3 Å². The van der Waals surface area contributed by atoms with E-state index in [4.69, 9.17) is 0 Å². The third-order valence-electron chi connectivity index (χ3n) is 2.93. The fraction of sp³-hybridized carbons (Fsp3) is 0.250. The number of benzene rings is 1. The molecule has 1 amide bonds. The van der Waals surface area contributed by atoms with E-state index in [0.717, 1.165) is 10.5 Å². The van der Waals surface area contributed by atoms with Gasteiger partial charge in [0.1, 0.15) is 0 Å². The zero-order valence-electron chi connectivity index (χ0n) is 11.6. The van der Waals surface area contributed by atoms with Crippen LogP contribution in [0.1, 0.15) is 5.56 Å². The van der Waals surface area contributed by atoms with Crippen molar-refractivity contribution in [3.8, 4) is 0 Å². The first-order valence-electron chi connectivity index (χ1n) is 6.75. The van der Waals surface area contributed by atoms with Gasteiger partial charge in [0, 0.05) is 17.3 Å². The second-order valence-corrected chi connectivity index (χ2v) is 5.66. The van der Waals surface area contributed by atoms with Crippen molar-refractivity contribution < 1.29 is 9.90 Å². The van der Waals surface area contributed by atoms with Crippen molar-refractivity contribution >= 4 is 17.7 Å². The summed E-state index contributed by atoms with van der Waals surface area (Å²) in [5.74, 6) is 0.252. The van der Waals surface area contributed by atoms with Crippen LogP contribution in [0.5, 0.6) is 0 Å². The fourth-order valence-corrected chi connectivity index (χ4v) is 2.61. The largest absolute Gasteiger partial charge is 0.394 e. The van der Waals surface area contributed by atoms with Crippen molar-refractivity contribution in [1.82, 2.24) is 10.3 Å². The average Bonchev–Trinajstić information content (AvgIpc) is 2.54. The lowest BCUT2D eigenvalue weighted by Crippen LogP contribution is -2.40.